The molecule has 0 aliphatic carbocycles. The van der Waals surface area contributed by atoms with E-state index < -0.39 is 11.8 Å². The number of carbonyl (C=O) groups is 3. The topological polar surface area (TPSA) is 57.7 Å². The average Bonchev–Trinajstić information content (AvgIpc) is 2.59. The lowest BCUT2D eigenvalue weighted by Gasteiger charge is -2.33. The van der Waals surface area contributed by atoms with Crippen molar-refractivity contribution in [3.8, 4) is 0 Å². The van der Waals surface area contributed by atoms with Gasteiger partial charge < -0.3 is 4.90 Å². The maximum Gasteiger partial charge on any atom is 0.318 e. The molecule has 0 aromatic rings. The van der Waals surface area contributed by atoms with Crippen molar-refractivity contribution in [1.82, 2.24) is 9.80 Å². The molecule has 0 N–H and O–H groups in total. The van der Waals surface area contributed by atoms with Crippen molar-refractivity contribution >= 4 is 18.2 Å². The minimum absolute atomic E-state index is 0.0652. The molecule has 5 nitrogen and oxygen atoms in total. The highest BCUT2D eigenvalue weighted by Gasteiger charge is 2.41. The van der Waals surface area contributed by atoms with Crippen molar-refractivity contribution in [3.05, 3.63) is 0 Å². The smallest absolute Gasteiger partial charge is 0.318 e. The molecule has 0 bridgehead atoms. The van der Waals surface area contributed by atoms with Crippen LogP contribution in [0.2, 0.25) is 0 Å². The molecular formula is C8H10N2O3. The minimum Gasteiger partial charge on any atom is -0.330 e. The summed E-state index contributed by atoms with van der Waals surface area (Å²) in [5, 5.41) is 0. The Morgan fingerprint density at radius 2 is 2.08 bits per heavy atom. The lowest BCUT2D eigenvalue weighted by molar-refractivity contribution is -0.159. The molecule has 1 atom stereocenters. The largest absolute Gasteiger partial charge is 0.330 e. The zero-order chi connectivity index (χ0) is 9.42. The number of imide groups is 1. The Morgan fingerprint density at radius 1 is 1.31 bits per heavy atom. The second kappa shape index (κ2) is 2.83. The van der Waals surface area contributed by atoms with Crippen LogP contribution >= 0.6 is 0 Å². The third-order valence-corrected chi connectivity index (χ3v) is 2.62. The molecule has 0 saturated carbocycles. The highest BCUT2D eigenvalue weighted by molar-refractivity contribution is 6.37. The van der Waals surface area contributed by atoms with Crippen molar-refractivity contribution < 1.29 is 14.4 Å². The number of rotatable bonds is 1. The SMILES string of the molecule is O=CN1C[C@H]2CCCN2C(=O)C1=O. The van der Waals surface area contributed by atoms with Crippen LogP contribution in [0.1, 0.15) is 12.8 Å². The fourth-order valence-corrected chi connectivity index (χ4v) is 1.94. The number of nitrogens with zero attached hydrogens (tertiary/aromatic N) is 2. The Balaban J connectivity index is 2.22. The summed E-state index contributed by atoms with van der Waals surface area (Å²) in [5.41, 5.74) is 0. The highest BCUT2D eigenvalue weighted by atomic mass is 16.2. The quantitative estimate of drug-likeness (QED) is 0.385. The lowest BCUT2D eigenvalue weighted by Crippen LogP contribution is -2.56. The molecule has 2 saturated heterocycles. The molecule has 0 aromatic carbocycles. The maximum absolute atomic E-state index is 11.4. The molecule has 2 aliphatic rings. The van der Waals surface area contributed by atoms with Crippen LogP contribution in [0.3, 0.4) is 0 Å². The normalized spacial score (nSPS) is 27.8. The molecular weight excluding hydrogens is 172 g/mol. The summed E-state index contributed by atoms with van der Waals surface area (Å²) in [6.45, 7) is 1.02. The maximum atomic E-state index is 11.4. The molecule has 2 rings (SSSR count). The van der Waals surface area contributed by atoms with Crippen LogP contribution in [0.4, 0.5) is 0 Å². The van der Waals surface area contributed by atoms with Gasteiger partial charge in [0.05, 0.1) is 6.04 Å². The Morgan fingerprint density at radius 3 is 2.77 bits per heavy atom. The summed E-state index contributed by atoms with van der Waals surface area (Å²) < 4.78 is 0. The van der Waals surface area contributed by atoms with Crippen LogP contribution in [0.15, 0.2) is 0 Å². The van der Waals surface area contributed by atoms with E-state index in [9.17, 15) is 14.4 Å². The number of amides is 3. The second-order valence-electron chi connectivity index (χ2n) is 3.36. The predicted molar refractivity (Wildman–Crippen MR) is 42.5 cm³/mol. The van der Waals surface area contributed by atoms with Crippen molar-refractivity contribution in [1.29, 1.82) is 0 Å². The lowest BCUT2D eigenvalue weighted by atomic mass is 10.1. The van der Waals surface area contributed by atoms with E-state index in [2.05, 4.69) is 0 Å². The van der Waals surface area contributed by atoms with E-state index in [1.165, 1.54) is 0 Å². The van der Waals surface area contributed by atoms with Gasteiger partial charge in [0, 0.05) is 13.1 Å². The molecule has 0 radical (unpaired) electrons. The molecule has 2 aliphatic heterocycles. The van der Waals surface area contributed by atoms with Crippen LogP contribution in [0.5, 0.6) is 0 Å². The summed E-state index contributed by atoms with van der Waals surface area (Å²) in [5.74, 6) is -1.21. The van der Waals surface area contributed by atoms with Crippen molar-refractivity contribution in [2.45, 2.75) is 18.9 Å². The molecule has 0 spiro atoms. The van der Waals surface area contributed by atoms with E-state index in [4.69, 9.17) is 0 Å². The van der Waals surface area contributed by atoms with E-state index in [-0.39, 0.29) is 6.04 Å². The van der Waals surface area contributed by atoms with E-state index in [1.807, 2.05) is 0 Å². The highest BCUT2D eigenvalue weighted by Crippen LogP contribution is 2.22. The molecule has 0 aromatic heterocycles. The van der Waals surface area contributed by atoms with E-state index in [0.29, 0.717) is 19.5 Å². The number of hydrogen-bond acceptors (Lipinski definition) is 3. The zero-order valence-electron chi connectivity index (χ0n) is 7.10. The van der Waals surface area contributed by atoms with Crippen molar-refractivity contribution in [2.75, 3.05) is 13.1 Å². The van der Waals surface area contributed by atoms with Crippen LogP contribution in [-0.4, -0.2) is 47.2 Å². The Hall–Kier alpha value is -1.39. The number of carbonyl (C=O) groups excluding carboxylic acids is 3. The monoisotopic (exact) mass is 182 g/mol. The standard InChI is InChI=1S/C8H10N2O3/c11-5-9-4-6-2-1-3-10(6)8(13)7(9)12/h5-6H,1-4H2/t6-/m1/s1. The summed E-state index contributed by atoms with van der Waals surface area (Å²) in [6.07, 6.45) is 2.26. The minimum atomic E-state index is -0.687. The Labute approximate surface area is 75.3 Å². The average molecular weight is 182 g/mol. The van der Waals surface area contributed by atoms with Gasteiger partial charge in [-0.25, -0.2) is 0 Å². The van der Waals surface area contributed by atoms with Gasteiger partial charge in [-0.1, -0.05) is 0 Å². The van der Waals surface area contributed by atoms with Crippen LogP contribution in [-0.2, 0) is 14.4 Å². The van der Waals surface area contributed by atoms with Crippen molar-refractivity contribution in [2.24, 2.45) is 0 Å². The predicted octanol–water partition coefficient (Wildman–Crippen LogP) is -1.02. The van der Waals surface area contributed by atoms with Gasteiger partial charge in [-0.15, -0.1) is 0 Å². The molecule has 70 valence electrons. The first kappa shape index (κ1) is 8.22. The fraction of sp³-hybridized carbons (Fsp3) is 0.625. The first-order chi connectivity index (χ1) is 6.24. The van der Waals surface area contributed by atoms with Gasteiger partial charge >= 0.3 is 11.8 Å². The van der Waals surface area contributed by atoms with Gasteiger partial charge in [0.2, 0.25) is 6.41 Å². The van der Waals surface area contributed by atoms with Crippen LogP contribution < -0.4 is 0 Å². The Kier molecular flexibility index (Phi) is 1.79. The van der Waals surface area contributed by atoms with Gasteiger partial charge in [0.25, 0.3) is 0 Å². The fourth-order valence-electron chi connectivity index (χ4n) is 1.94. The van der Waals surface area contributed by atoms with Gasteiger partial charge in [-0.05, 0) is 12.8 Å². The van der Waals surface area contributed by atoms with Crippen molar-refractivity contribution in [3.63, 3.8) is 0 Å². The van der Waals surface area contributed by atoms with Gasteiger partial charge in [-0.3, -0.25) is 19.3 Å². The first-order valence-electron chi connectivity index (χ1n) is 4.31. The number of hydrogen-bond donors (Lipinski definition) is 0. The number of piperazine rings is 1. The van der Waals surface area contributed by atoms with E-state index >= 15 is 0 Å². The van der Waals surface area contributed by atoms with E-state index in [1.54, 1.807) is 4.90 Å². The van der Waals surface area contributed by atoms with Crippen LogP contribution in [0.25, 0.3) is 0 Å². The van der Waals surface area contributed by atoms with Gasteiger partial charge in [0.1, 0.15) is 0 Å². The van der Waals surface area contributed by atoms with E-state index in [0.717, 1.165) is 17.7 Å². The van der Waals surface area contributed by atoms with Crippen LogP contribution in [0, 0.1) is 0 Å². The molecule has 0 unspecified atom stereocenters. The Bertz CT molecular complexity index is 277. The second-order valence-corrected chi connectivity index (χ2v) is 3.36. The molecule has 2 fully saturated rings. The summed E-state index contributed by atoms with van der Waals surface area (Å²) >= 11 is 0. The summed E-state index contributed by atoms with van der Waals surface area (Å²) in [6, 6.07) is 0.0652. The molecule has 5 heteroatoms. The third kappa shape index (κ3) is 1.11. The third-order valence-electron chi connectivity index (χ3n) is 2.62. The number of fused-ring (bicyclic) bond motifs is 1. The van der Waals surface area contributed by atoms with Gasteiger partial charge in [-0.2, -0.15) is 0 Å². The molecule has 3 amide bonds. The molecule has 2 heterocycles. The summed E-state index contributed by atoms with van der Waals surface area (Å²) in [4.78, 5) is 35.5. The molecule has 13 heavy (non-hydrogen) atoms. The van der Waals surface area contributed by atoms with Gasteiger partial charge in [0.15, 0.2) is 0 Å². The zero-order valence-corrected chi connectivity index (χ0v) is 7.10. The summed E-state index contributed by atoms with van der Waals surface area (Å²) in [7, 11) is 0. The first-order valence-corrected chi connectivity index (χ1v) is 4.31.